The first-order valence-electron chi connectivity index (χ1n) is 9.54. The lowest BCUT2D eigenvalue weighted by Crippen LogP contribution is -2.33. The SMILES string of the molecule is CN[C@H](CN1CC[C@H](OCCOCCOCCOC)C1)c1ccccc1. The summed E-state index contributed by atoms with van der Waals surface area (Å²) in [6.07, 6.45) is 1.40. The van der Waals surface area contributed by atoms with E-state index in [1.807, 2.05) is 7.05 Å². The Morgan fingerprint density at radius 2 is 1.73 bits per heavy atom. The number of benzene rings is 1. The van der Waals surface area contributed by atoms with Gasteiger partial charge in [-0.3, -0.25) is 4.90 Å². The van der Waals surface area contributed by atoms with Gasteiger partial charge in [0, 0.05) is 32.8 Å². The summed E-state index contributed by atoms with van der Waals surface area (Å²) >= 11 is 0. The van der Waals surface area contributed by atoms with E-state index < -0.39 is 0 Å². The van der Waals surface area contributed by atoms with Gasteiger partial charge in [-0.1, -0.05) is 30.3 Å². The summed E-state index contributed by atoms with van der Waals surface area (Å²) in [5.74, 6) is 0. The Balaban J connectivity index is 1.53. The van der Waals surface area contributed by atoms with Gasteiger partial charge in [-0.25, -0.2) is 0 Å². The van der Waals surface area contributed by atoms with E-state index in [2.05, 4.69) is 40.5 Å². The highest BCUT2D eigenvalue weighted by molar-refractivity contribution is 5.19. The minimum atomic E-state index is 0.310. The average Bonchev–Trinajstić information content (AvgIpc) is 3.13. The third-order valence-corrected chi connectivity index (χ3v) is 4.61. The van der Waals surface area contributed by atoms with Gasteiger partial charge >= 0.3 is 0 Å². The summed E-state index contributed by atoms with van der Waals surface area (Å²) in [6.45, 7) is 6.80. The Morgan fingerprint density at radius 3 is 2.42 bits per heavy atom. The second-order valence-corrected chi connectivity index (χ2v) is 6.51. The molecule has 26 heavy (non-hydrogen) atoms. The maximum atomic E-state index is 5.95. The molecule has 1 aliphatic heterocycles. The van der Waals surface area contributed by atoms with Gasteiger partial charge in [0.25, 0.3) is 0 Å². The van der Waals surface area contributed by atoms with Crippen LogP contribution < -0.4 is 5.32 Å². The molecule has 0 unspecified atom stereocenters. The van der Waals surface area contributed by atoms with Crippen LogP contribution in [0.2, 0.25) is 0 Å². The van der Waals surface area contributed by atoms with Crippen molar-refractivity contribution in [1.29, 1.82) is 0 Å². The van der Waals surface area contributed by atoms with Gasteiger partial charge in [-0.05, 0) is 19.0 Å². The fourth-order valence-corrected chi connectivity index (χ4v) is 3.14. The molecule has 1 aromatic carbocycles. The van der Waals surface area contributed by atoms with Gasteiger partial charge in [0.1, 0.15) is 0 Å². The van der Waals surface area contributed by atoms with Crippen LogP contribution in [0.1, 0.15) is 18.0 Å². The van der Waals surface area contributed by atoms with E-state index in [4.69, 9.17) is 18.9 Å². The normalized spacial score (nSPS) is 19.1. The number of ether oxygens (including phenoxy) is 4. The molecule has 1 N–H and O–H groups in total. The van der Waals surface area contributed by atoms with E-state index in [0.717, 1.165) is 26.1 Å². The summed E-state index contributed by atoms with van der Waals surface area (Å²) in [5, 5.41) is 3.42. The molecule has 0 amide bonds. The molecule has 0 spiro atoms. The van der Waals surface area contributed by atoms with Crippen LogP contribution in [0.3, 0.4) is 0 Å². The Hall–Kier alpha value is -1.02. The van der Waals surface area contributed by atoms with Crippen LogP contribution in [0.5, 0.6) is 0 Å². The van der Waals surface area contributed by atoms with Gasteiger partial charge in [-0.15, -0.1) is 0 Å². The van der Waals surface area contributed by atoms with Crippen molar-refractivity contribution < 1.29 is 18.9 Å². The molecular formula is C20H34N2O4. The zero-order valence-electron chi connectivity index (χ0n) is 16.2. The second kappa shape index (κ2) is 13.2. The van der Waals surface area contributed by atoms with Gasteiger partial charge in [0.05, 0.1) is 45.7 Å². The molecule has 1 aliphatic rings. The van der Waals surface area contributed by atoms with Crippen molar-refractivity contribution in [2.24, 2.45) is 0 Å². The highest BCUT2D eigenvalue weighted by atomic mass is 16.6. The first kappa shape index (κ1) is 21.3. The van der Waals surface area contributed by atoms with E-state index in [1.165, 1.54) is 5.56 Å². The molecule has 0 saturated carbocycles. The highest BCUT2D eigenvalue weighted by Gasteiger charge is 2.25. The van der Waals surface area contributed by atoms with Crippen molar-refractivity contribution >= 4 is 0 Å². The molecule has 2 atom stereocenters. The third kappa shape index (κ3) is 8.12. The molecule has 0 radical (unpaired) electrons. The molecular weight excluding hydrogens is 332 g/mol. The van der Waals surface area contributed by atoms with Gasteiger partial charge in [-0.2, -0.15) is 0 Å². The smallest absolute Gasteiger partial charge is 0.0715 e. The van der Waals surface area contributed by atoms with Crippen molar-refractivity contribution in [3.63, 3.8) is 0 Å². The van der Waals surface area contributed by atoms with Crippen molar-refractivity contribution in [3.8, 4) is 0 Å². The summed E-state index contributed by atoms with van der Waals surface area (Å²) in [5.41, 5.74) is 1.33. The van der Waals surface area contributed by atoms with Crippen LogP contribution >= 0.6 is 0 Å². The van der Waals surface area contributed by atoms with E-state index in [9.17, 15) is 0 Å². The van der Waals surface area contributed by atoms with Crippen LogP contribution in [-0.2, 0) is 18.9 Å². The van der Waals surface area contributed by atoms with Crippen molar-refractivity contribution in [2.45, 2.75) is 18.6 Å². The van der Waals surface area contributed by atoms with E-state index in [1.54, 1.807) is 7.11 Å². The lowest BCUT2D eigenvalue weighted by Gasteiger charge is -2.24. The third-order valence-electron chi connectivity index (χ3n) is 4.61. The van der Waals surface area contributed by atoms with E-state index in [-0.39, 0.29) is 0 Å². The Morgan fingerprint density at radius 1 is 1.04 bits per heavy atom. The Labute approximate surface area is 157 Å². The fraction of sp³-hybridized carbons (Fsp3) is 0.700. The highest BCUT2D eigenvalue weighted by Crippen LogP contribution is 2.18. The quantitative estimate of drug-likeness (QED) is 0.506. The van der Waals surface area contributed by atoms with Crippen LogP contribution in [0.4, 0.5) is 0 Å². The van der Waals surface area contributed by atoms with Gasteiger partial charge in [0.2, 0.25) is 0 Å². The molecule has 1 fully saturated rings. The molecule has 6 nitrogen and oxygen atoms in total. The summed E-state index contributed by atoms with van der Waals surface area (Å²) in [6, 6.07) is 11.0. The first-order valence-corrected chi connectivity index (χ1v) is 9.54. The van der Waals surface area contributed by atoms with Crippen LogP contribution in [-0.4, -0.2) is 84.4 Å². The summed E-state index contributed by atoms with van der Waals surface area (Å²) in [7, 11) is 3.69. The van der Waals surface area contributed by atoms with Crippen molar-refractivity contribution in [2.75, 3.05) is 73.4 Å². The summed E-state index contributed by atoms with van der Waals surface area (Å²) < 4.78 is 21.7. The average molecular weight is 367 g/mol. The standard InChI is InChI=1S/C20H34N2O4/c1-21-20(18-6-4-3-5-7-18)17-22-9-8-19(16-22)26-15-14-25-13-12-24-11-10-23-2/h3-7,19-21H,8-17H2,1-2H3/t19-,20+/m0/s1. The van der Waals surface area contributed by atoms with E-state index in [0.29, 0.717) is 51.8 Å². The number of likely N-dealkylation sites (N-methyl/N-ethyl adjacent to an activating group) is 1. The van der Waals surface area contributed by atoms with Crippen molar-refractivity contribution in [1.82, 2.24) is 10.2 Å². The molecule has 1 heterocycles. The number of rotatable bonds is 14. The monoisotopic (exact) mass is 366 g/mol. The predicted molar refractivity (Wildman–Crippen MR) is 103 cm³/mol. The van der Waals surface area contributed by atoms with Crippen LogP contribution in [0.25, 0.3) is 0 Å². The lowest BCUT2D eigenvalue weighted by atomic mass is 10.1. The minimum Gasteiger partial charge on any atom is -0.382 e. The molecule has 1 saturated heterocycles. The van der Waals surface area contributed by atoms with Crippen molar-refractivity contribution in [3.05, 3.63) is 35.9 Å². The van der Waals surface area contributed by atoms with Crippen LogP contribution in [0.15, 0.2) is 30.3 Å². The fourth-order valence-electron chi connectivity index (χ4n) is 3.14. The summed E-state index contributed by atoms with van der Waals surface area (Å²) in [4.78, 5) is 2.48. The largest absolute Gasteiger partial charge is 0.382 e. The number of nitrogens with one attached hydrogen (secondary N) is 1. The lowest BCUT2D eigenvalue weighted by molar-refractivity contribution is -0.0137. The molecule has 0 aromatic heterocycles. The molecule has 1 aromatic rings. The molecule has 6 heteroatoms. The zero-order chi connectivity index (χ0) is 18.5. The minimum absolute atomic E-state index is 0.310. The number of nitrogens with zero attached hydrogens (tertiary/aromatic N) is 1. The second-order valence-electron chi connectivity index (χ2n) is 6.51. The number of methoxy groups -OCH3 is 1. The van der Waals surface area contributed by atoms with Crippen LogP contribution in [0, 0.1) is 0 Å². The Kier molecular flexibility index (Phi) is 10.8. The molecule has 2 rings (SSSR count). The van der Waals surface area contributed by atoms with Gasteiger partial charge < -0.3 is 24.3 Å². The zero-order valence-corrected chi connectivity index (χ0v) is 16.2. The maximum absolute atomic E-state index is 5.95. The van der Waals surface area contributed by atoms with E-state index >= 15 is 0 Å². The maximum Gasteiger partial charge on any atom is 0.0715 e. The Bertz CT molecular complexity index is 460. The predicted octanol–water partition coefficient (Wildman–Crippen LogP) is 1.72. The number of hydrogen-bond donors (Lipinski definition) is 1. The molecule has 148 valence electrons. The number of likely N-dealkylation sites (tertiary alicyclic amines) is 1. The van der Waals surface area contributed by atoms with Gasteiger partial charge in [0.15, 0.2) is 0 Å². The molecule has 0 aliphatic carbocycles. The number of hydrogen-bond acceptors (Lipinski definition) is 6. The first-order chi connectivity index (χ1) is 12.8. The topological polar surface area (TPSA) is 52.2 Å². The molecule has 0 bridgehead atoms.